The topological polar surface area (TPSA) is 30.7 Å². The van der Waals surface area contributed by atoms with E-state index < -0.39 is 0 Å². The second kappa shape index (κ2) is 3.07. The molecule has 0 aromatic carbocycles. The van der Waals surface area contributed by atoms with Crippen LogP contribution >= 0.6 is 0 Å². The summed E-state index contributed by atoms with van der Waals surface area (Å²) in [5, 5.41) is 4.56. The Morgan fingerprint density at radius 2 is 2.07 bits per heavy atom. The predicted molar refractivity (Wildman–Crippen MR) is 56.2 cm³/mol. The van der Waals surface area contributed by atoms with Crippen molar-refractivity contribution >= 4 is 0 Å². The van der Waals surface area contributed by atoms with Crippen molar-refractivity contribution in [2.45, 2.75) is 52.5 Å². The maximum Gasteiger partial charge on any atom is 0.156 e. The molecule has 3 nitrogen and oxygen atoms in total. The van der Waals surface area contributed by atoms with E-state index in [2.05, 4.69) is 42.5 Å². The first-order chi connectivity index (χ1) is 6.47. The van der Waals surface area contributed by atoms with E-state index in [1.54, 1.807) is 0 Å². The van der Waals surface area contributed by atoms with Gasteiger partial charge in [-0.3, -0.25) is 0 Å². The molecule has 1 atom stereocenters. The second-order valence-electron chi connectivity index (χ2n) is 5.42. The van der Waals surface area contributed by atoms with E-state index in [4.69, 9.17) is 0 Å². The molecule has 78 valence electrons. The lowest BCUT2D eigenvalue weighted by Gasteiger charge is -2.17. The Bertz CT molecular complexity index is 333. The first kappa shape index (κ1) is 9.69. The van der Waals surface area contributed by atoms with E-state index >= 15 is 0 Å². The molecule has 0 spiro atoms. The van der Waals surface area contributed by atoms with Gasteiger partial charge in [0.2, 0.25) is 0 Å². The largest absolute Gasteiger partial charge is 0.250 e. The van der Waals surface area contributed by atoms with Gasteiger partial charge in [0.05, 0.1) is 0 Å². The minimum absolute atomic E-state index is 0.0770. The van der Waals surface area contributed by atoms with Crippen molar-refractivity contribution in [2.24, 2.45) is 5.92 Å². The van der Waals surface area contributed by atoms with Crippen LogP contribution in [0.25, 0.3) is 0 Å². The molecular weight excluding hydrogens is 174 g/mol. The Labute approximate surface area is 85.5 Å². The molecule has 0 saturated carbocycles. The molecule has 0 fully saturated rings. The molecular formula is C11H19N3. The monoisotopic (exact) mass is 193 g/mol. The van der Waals surface area contributed by atoms with Crippen molar-refractivity contribution in [3.8, 4) is 0 Å². The molecule has 0 bridgehead atoms. The summed E-state index contributed by atoms with van der Waals surface area (Å²) >= 11 is 0. The summed E-state index contributed by atoms with van der Waals surface area (Å²) in [7, 11) is 0. The number of aromatic nitrogens is 3. The Morgan fingerprint density at radius 1 is 1.36 bits per heavy atom. The zero-order valence-electron chi connectivity index (χ0n) is 9.54. The van der Waals surface area contributed by atoms with E-state index in [1.165, 1.54) is 12.2 Å². The van der Waals surface area contributed by atoms with Gasteiger partial charge in [-0.25, -0.2) is 9.67 Å². The zero-order chi connectivity index (χ0) is 10.3. The normalized spacial score (nSPS) is 22.1. The lowest BCUT2D eigenvalue weighted by molar-refractivity contribution is 0.384. The predicted octanol–water partition coefficient (Wildman–Crippen LogP) is 2.16. The zero-order valence-corrected chi connectivity index (χ0v) is 9.54. The molecule has 0 amide bonds. The van der Waals surface area contributed by atoms with Crippen LogP contribution in [-0.4, -0.2) is 14.8 Å². The maximum absolute atomic E-state index is 4.62. The van der Waals surface area contributed by atoms with Gasteiger partial charge < -0.3 is 0 Å². The van der Waals surface area contributed by atoms with Crippen LogP contribution in [0.1, 0.15) is 45.8 Å². The quantitative estimate of drug-likeness (QED) is 0.632. The van der Waals surface area contributed by atoms with Crippen LogP contribution in [0.15, 0.2) is 0 Å². The smallest absolute Gasteiger partial charge is 0.156 e. The van der Waals surface area contributed by atoms with Crippen molar-refractivity contribution in [3.63, 3.8) is 0 Å². The lowest BCUT2D eigenvalue weighted by Crippen LogP contribution is -2.18. The number of hydrogen-bond donors (Lipinski definition) is 0. The third-order valence-electron chi connectivity index (χ3n) is 2.78. The number of hydrogen-bond acceptors (Lipinski definition) is 2. The highest BCUT2D eigenvalue weighted by atomic mass is 15.4. The van der Waals surface area contributed by atoms with Gasteiger partial charge in [-0.2, -0.15) is 5.10 Å². The van der Waals surface area contributed by atoms with E-state index in [1.807, 2.05) is 0 Å². The summed E-state index contributed by atoms with van der Waals surface area (Å²) in [5.41, 5.74) is 0.0770. The average Bonchev–Trinajstić information content (AvgIpc) is 2.45. The minimum Gasteiger partial charge on any atom is -0.250 e. The van der Waals surface area contributed by atoms with Gasteiger partial charge in [-0.15, -0.1) is 0 Å². The van der Waals surface area contributed by atoms with Crippen molar-refractivity contribution < 1.29 is 0 Å². The van der Waals surface area contributed by atoms with Gasteiger partial charge in [0.25, 0.3) is 0 Å². The summed E-state index contributed by atoms with van der Waals surface area (Å²) < 4.78 is 2.08. The minimum atomic E-state index is 0.0770. The highest BCUT2D eigenvalue weighted by Crippen LogP contribution is 2.23. The Balaban J connectivity index is 2.32. The molecule has 1 aliphatic heterocycles. The Hall–Kier alpha value is -0.860. The fourth-order valence-electron chi connectivity index (χ4n) is 1.78. The molecule has 14 heavy (non-hydrogen) atoms. The van der Waals surface area contributed by atoms with Gasteiger partial charge >= 0.3 is 0 Å². The molecule has 0 aliphatic carbocycles. The molecule has 1 aliphatic rings. The molecule has 2 rings (SSSR count). The van der Waals surface area contributed by atoms with Crippen LogP contribution < -0.4 is 0 Å². The molecule has 1 unspecified atom stereocenters. The molecule has 1 aromatic heterocycles. The van der Waals surface area contributed by atoms with Gasteiger partial charge in [-0.1, -0.05) is 27.7 Å². The number of aryl methyl sites for hydroxylation is 1. The number of fused-ring (bicyclic) bond motifs is 1. The summed E-state index contributed by atoms with van der Waals surface area (Å²) in [6.07, 6.45) is 2.32. The van der Waals surface area contributed by atoms with Crippen LogP contribution in [0.4, 0.5) is 0 Å². The van der Waals surface area contributed by atoms with Crippen molar-refractivity contribution in [1.82, 2.24) is 14.8 Å². The van der Waals surface area contributed by atoms with Gasteiger partial charge in [0, 0.05) is 18.4 Å². The van der Waals surface area contributed by atoms with E-state index in [0.29, 0.717) is 0 Å². The molecule has 0 N–H and O–H groups in total. The molecule has 0 saturated heterocycles. The summed E-state index contributed by atoms with van der Waals surface area (Å²) in [6.45, 7) is 9.82. The SMILES string of the molecule is CC1CCn2nc(C(C)(C)C)nc2C1. The molecule has 1 aromatic rings. The second-order valence-corrected chi connectivity index (χ2v) is 5.42. The Morgan fingerprint density at radius 3 is 2.71 bits per heavy atom. The standard InChI is InChI=1S/C11H19N3/c1-8-5-6-14-9(7-8)12-10(13-14)11(2,3)4/h8H,5-7H2,1-4H3. The van der Waals surface area contributed by atoms with Crippen LogP contribution in [0, 0.1) is 5.92 Å². The molecule has 2 heterocycles. The third-order valence-corrected chi connectivity index (χ3v) is 2.78. The molecule has 3 heteroatoms. The molecule has 0 radical (unpaired) electrons. The fraction of sp³-hybridized carbons (Fsp3) is 0.818. The number of rotatable bonds is 0. The Kier molecular flexibility index (Phi) is 2.13. The number of nitrogens with zero attached hydrogens (tertiary/aromatic N) is 3. The summed E-state index contributed by atoms with van der Waals surface area (Å²) in [4.78, 5) is 4.62. The third kappa shape index (κ3) is 1.68. The van der Waals surface area contributed by atoms with E-state index in [0.717, 1.165) is 24.7 Å². The first-order valence-corrected chi connectivity index (χ1v) is 5.41. The highest BCUT2D eigenvalue weighted by Gasteiger charge is 2.24. The van der Waals surface area contributed by atoms with Gasteiger partial charge in [0.1, 0.15) is 5.82 Å². The van der Waals surface area contributed by atoms with Crippen molar-refractivity contribution in [1.29, 1.82) is 0 Å². The first-order valence-electron chi connectivity index (χ1n) is 5.41. The highest BCUT2D eigenvalue weighted by molar-refractivity contribution is 5.05. The van der Waals surface area contributed by atoms with Crippen molar-refractivity contribution in [2.75, 3.05) is 0 Å². The fourth-order valence-corrected chi connectivity index (χ4v) is 1.78. The van der Waals surface area contributed by atoms with Gasteiger partial charge in [0.15, 0.2) is 5.82 Å². The van der Waals surface area contributed by atoms with Crippen LogP contribution in [-0.2, 0) is 18.4 Å². The van der Waals surface area contributed by atoms with Crippen molar-refractivity contribution in [3.05, 3.63) is 11.6 Å². The summed E-state index contributed by atoms with van der Waals surface area (Å²) in [5.74, 6) is 2.93. The maximum atomic E-state index is 4.62. The average molecular weight is 193 g/mol. The summed E-state index contributed by atoms with van der Waals surface area (Å²) in [6, 6.07) is 0. The van der Waals surface area contributed by atoms with E-state index in [9.17, 15) is 0 Å². The van der Waals surface area contributed by atoms with Crippen LogP contribution in [0.3, 0.4) is 0 Å². The lowest BCUT2D eigenvalue weighted by atomic mass is 9.96. The van der Waals surface area contributed by atoms with Gasteiger partial charge in [-0.05, 0) is 12.3 Å². The van der Waals surface area contributed by atoms with Crippen LogP contribution in [0.2, 0.25) is 0 Å². The van der Waals surface area contributed by atoms with Crippen LogP contribution in [0.5, 0.6) is 0 Å². The van der Waals surface area contributed by atoms with E-state index in [-0.39, 0.29) is 5.41 Å².